The van der Waals surface area contributed by atoms with Crippen molar-refractivity contribution in [1.82, 2.24) is 24.6 Å². The van der Waals surface area contributed by atoms with Crippen LogP contribution in [-0.2, 0) is 13.6 Å². The summed E-state index contributed by atoms with van der Waals surface area (Å²) in [6, 6.07) is 0. The van der Waals surface area contributed by atoms with Gasteiger partial charge >= 0.3 is 0 Å². The van der Waals surface area contributed by atoms with Gasteiger partial charge in [-0.2, -0.15) is 5.10 Å². The molecule has 1 fully saturated rings. The normalized spacial score (nSPS) is 17.0. The third-order valence-electron chi connectivity index (χ3n) is 3.23. The minimum Gasteiger partial charge on any atom is -0.383 e. The molecule has 3 rings (SSSR count). The van der Waals surface area contributed by atoms with Crippen LogP contribution >= 0.6 is 0 Å². The standard InChI is InChI=1S/C11H16N6/c1-16-11-8(6-13-16)10(12)14-9(15-11)7-17-4-2-3-5-17/h6H,2-5,7H2,1H3,(H2,12,14,15). The molecule has 6 nitrogen and oxygen atoms in total. The Hall–Kier alpha value is -1.69. The van der Waals surface area contributed by atoms with Crippen molar-refractivity contribution in [3.8, 4) is 0 Å². The second kappa shape index (κ2) is 3.96. The van der Waals surface area contributed by atoms with Crippen molar-refractivity contribution < 1.29 is 0 Å². The minimum absolute atomic E-state index is 0.525. The fraction of sp³-hybridized carbons (Fsp3) is 0.545. The van der Waals surface area contributed by atoms with Crippen LogP contribution in [0.1, 0.15) is 18.7 Å². The van der Waals surface area contributed by atoms with Gasteiger partial charge in [0.2, 0.25) is 0 Å². The molecule has 0 saturated carbocycles. The summed E-state index contributed by atoms with van der Waals surface area (Å²) in [7, 11) is 1.87. The number of aryl methyl sites for hydroxylation is 1. The summed E-state index contributed by atoms with van der Waals surface area (Å²) >= 11 is 0. The van der Waals surface area contributed by atoms with E-state index in [1.54, 1.807) is 10.9 Å². The molecule has 1 aliphatic heterocycles. The number of likely N-dealkylation sites (tertiary alicyclic amines) is 1. The monoisotopic (exact) mass is 232 g/mol. The molecule has 0 spiro atoms. The highest BCUT2D eigenvalue weighted by atomic mass is 15.3. The molecular formula is C11H16N6. The first-order valence-corrected chi connectivity index (χ1v) is 5.90. The van der Waals surface area contributed by atoms with Gasteiger partial charge in [-0.1, -0.05) is 0 Å². The number of nitrogens with zero attached hydrogens (tertiary/aromatic N) is 5. The molecule has 0 atom stereocenters. The highest BCUT2D eigenvalue weighted by Crippen LogP contribution is 2.18. The van der Waals surface area contributed by atoms with Crippen LogP contribution in [0.2, 0.25) is 0 Å². The fourth-order valence-electron chi connectivity index (χ4n) is 2.30. The summed E-state index contributed by atoms with van der Waals surface area (Å²) in [4.78, 5) is 11.2. The molecular weight excluding hydrogens is 216 g/mol. The number of anilines is 1. The van der Waals surface area contributed by atoms with E-state index in [9.17, 15) is 0 Å². The molecule has 0 bridgehead atoms. The van der Waals surface area contributed by atoms with Gasteiger partial charge in [0.05, 0.1) is 18.1 Å². The summed E-state index contributed by atoms with van der Waals surface area (Å²) in [5.41, 5.74) is 6.73. The van der Waals surface area contributed by atoms with E-state index < -0.39 is 0 Å². The van der Waals surface area contributed by atoms with E-state index in [1.165, 1.54) is 12.8 Å². The number of nitrogen functional groups attached to an aromatic ring is 1. The van der Waals surface area contributed by atoms with Gasteiger partial charge in [-0.3, -0.25) is 9.58 Å². The third-order valence-corrected chi connectivity index (χ3v) is 3.23. The van der Waals surface area contributed by atoms with Gasteiger partial charge in [-0.25, -0.2) is 9.97 Å². The Morgan fingerprint density at radius 2 is 2.06 bits per heavy atom. The Labute approximate surface area is 99.4 Å². The van der Waals surface area contributed by atoms with Crippen molar-refractivity contribution in [1.29, 1.82) is 0 Å². The highest BCUT2D eigenvalue weighted by Gasteiger charge is 2.15. The van der Waals surface area contributed by atoms with Crippen LogP contribution in [-0.4, -0.2) is 37.7 Å². The van der Waals surface area contributed by atoms with Crippen LogP contribution in [0.5, 0.6) is 0 Å². The molecule has 0 aliphatic carbocycles. The summed E-state index contributed by atoms with van der Waals surface area (Å²) in [5, 5.41) is 4.98. The molecule has 0 aromatic carbocycles. The lowest BCUT2D eigenvalue weighted by Gasteiger charge is -2.13. The second-order valence-corrected chi connectivity index (χ2v) is 4.51. The SMILES string of the molecule is Cn1ncc2c(N)nc(CN3CCCC3)nc21. The second-order valence-electron chi connectivity index (χ2n) is 4.51. The maximum absolute atomic E-state index is 5.92. The van der Waals surface area contributed by atoms with Crippen molar-refractivity contribution >= 4 is 16.9 Å². The van der Waals surface area contributed by atoms with E-state index in [4.69, 9.17) is 5.73 Å². The molecule has 6 heteroatoms. The first kappa shape index (κ1) is 10.5. The number of aromatic nitrogens is 4. The maximum Gasteiger partial charge on any atom is 0.163 e. The van der Waals surface area contributed by atoms with Crippen LogP contribution in [0.25, 0.3) is 11.0 Å². The number of nitrogens with two attached hydrogens (primary N) is 1. The maximum atomic E-state index is 5.92. The van der Waals surface area contributed by atoms with Crippen LogP contribution in [0, 0.1) is 0 Å². The topological polar surface area (TPSA) is 72.9 Å². The zero-order valence-electron chi connectivity index (χ0n) is 9.93. The van der Waals surface area contributed by atoms with Gasteiger partial charge in [0.15, 0.2) is 5.65 Å². The lowest BCUT2D eigenvalue weighted by Crippen LogP contribution is -2.20. The van der Waals surface area contributed by atoms with Crippen molar-refractivity contribution in [3.63, 3.8) is 0 Å². The fourth-order valence-corrected chi connectivity index (χ4v) is 2.30. The lowest BCUT2D eigenvalue weighted by atomic mass is 10.4. The number of hydrogen-bond acceptors (Lipinski definition) is 5. The molecule has 2 aromatic heterocycles. The molecule has 0 radical (unpaired) electrons. The highest BCUT2D eigenvalue weighted by molar-refractivity contribution is 5.84. The Balaban J connectivity index is 1.96. The minimum atomic E-state index is 0.525. The molecule has 0 unspecified atom stereocenters. The summed E-state index contributed by atoms with van der Waals surface area (Å²) in [6.07, 6.45) is 4.25. The zero-order valence-corrected chi connectivity index (χ0v) is 9.93. The van der Waals surface area contributed by atoms with Crippen LogP contribution in [0.15, 0.2) is 6.20 Å². The molecule has 2 N–H and O–H groups in total. The van der Waals surface area contributed by atoms with E-state index in [-0.39, 0.29) is 0 Å². The number of rotatable bonds is 2. The number of hydrogen-bond donors (Lipinski definition) is 1. The van der Waals surface area contributed by atoms with Crippen molar-refractivity contribution in [2.75, 3.05) is 18.8 Å². The number of fused-ring (bicyclic) bond motifs is 1. The van der Waals surface area contributed by atoms with Crippen LogP contribution in [0.4, 0.5) is 5.82 Å². The largest absolute Gasteiger partial charge is 0.383 e. The summed E-state index contributed by atoms with van der Waals surface area (Å²) in [5.74, 6) is 1.32. The van der Waals surface area contributed by atoms with Gasteiger partial charge in [-0.15, -0.1) is 0 Å². The van der Waals surface area contributed by atoms with Gasteiger partial charge in [0, 0.05) is 7.05 Å². The van der Waals surface area contributed by atoms with Crippen molar-refractivity contribution in [2.45, 2.75) is 19.4 Å². The summed E-state index contributed by atoms with van der Waals surface area (Å²) in [6.45, 7) is 3.05. The van der Waals surface area contributed by atoms with Gasteiger partial charge in [0.25, 0.3) is 0 Å². The molecule has 1 aliphatic rings. The predicted molar refractivity (Wildman–Crippen MR) is 65.2 cm³/mol. The van der Waals surface area contributed by atoms with E-state index in [0.717, 1.165) is 36.5 Å². The predicted octanol–water partition coefficient (Wildman–Crippen LogP) is 0.541. The average Bonchev–Trinajstić information content (AvgIpc) is 2.90. The molecule has 3 heterocycles. The van der Waals surface area contributed by atoms with Crippen molar-refractivity contribution in [2.24, 2.45) is 7.05 Å². The van der Waals surface area contributed by atoms with Crippen LogP contribution in [0.3, 0.4) is 0 Å². The molecule has 17 heavy (non-hydrogen) atoms. The van der Waals surface area contributed by atoms with Gasteiger partial charge in [0.1, 0.15) is 11.6 Å². The lowest BCUT2D eigenvalue weighted by molar-refractivity contribution is 0.323. The van der Waals surface area contributed by atoms with E-state index in [2.05, 4.69) is 20.0 Å². The zero-order chi connectivity index (χ0) is 11.8. The first-order chi connectivity index (χ1) is 8.24. The Morgan fingerprint density at radius 3 is 2.82 bits per heavy atom. The van der Waals surface area contributed by atoms with Crippen LogP contribution < -0.4 is 5.73 Å². The molecule has 2 aromatic rings. The Bertz CT molecular complexity index is 540. The smallest absolute Gasteiger partial charge is 0.163 e. The Kier molecular flexibility index (Phi) is 2.44. The van der Waals surface area contributed by atoms with E-state index in [0.29, 0.717) is 5.82 Å². The molecule has 0 amide bonds. The average molecular weight is 232 g/mol. The Morgan fingerprint density at radius 1 is 1.29 bits per heavy atom. The van der Waals surface area contributed by atoms with Gasteiger partial charge in [-0.05, 0) is 25.9 Å². The quantitative estimate of drug-likeness (QED) is 0.818. The third kappa shape index (κ3) is 1.84. The van der Waals surface area contributed by atoms with E-state index >= 15 is 0 Å². The van der Waals surface area contributed by atoms with E-state index in [1.807, 2.05) is 7.05 Å². The summed E-state index contributed by atoms with van der Waals surface area (Å²) < 4.78 is 1.74. The molecule has 90 valence electrons. The van der Waals surface area contributed by atoms with Crippen molar-refractivity contribution in [3.05, 3.63) is 12.0 Å². The first-order valence-electron chi connectivity index (χ1n) is 5.90. The molecule has 1 saturated heterocycles. The van der Waals surface area contributed by atoms with Gasteiger partial charge < -0.3 is 5.73 Å².